The molecule has 0 aliphatic rings. The Labute approximate surface area is 141 Å². The van der Waals surface area contributed by atoms with Crippen LogP contribution < -0.4 is 10.6 Å². The van der Waals surface area contributed by atoms with Crippen molar-refractivity contribution in [2.75, 3.05) is 10.6 Å². The van der Waals surface area contributed by atoms with E-state index in [1.165, 1.54) is 5.56 Å². The number of nitrogens with one attached hydrogen (secondary N) is 2. The van der Waals surface area contributed by atoms with Crippen LogP contribution in [0, 0.1) is 13.8 Å². The summed E-state index contributed by atoms with van der Waals surface area (Å²) in [4.78, 5) is 16.5. The Bertz CT molecular complexity index is 857. The van der Waals surface area contributed by atoms with Crippen molar-refractivity contribution >= 4 is 23.0 Å². The molecule has 0 unspecified atom stereocenters. The van der Waals surface area contributed by atoms with Crippen molar-refractivity contribution in [3.05, 3.63) is 83.7 Å². The van der Waals surface area contributed by atoms with Crippen molar-refractivity contribution < 1.29 is 4.79 Å². The minimum Gasteiger partial charge on any atom is -0.355 e. The molecule has 0 radical (unpaired) electrons. The molecule has 1 aromatic heterocycles. The van der Waals surface area contributed by atoms with Gasteiger partial charge in [0.05, 0.1) is 0 Å². The van der Waals surface area contributed by atoms with Crippen molar-refractivity contribution in [2.24, 2.45) is 0 Å². The molecule has 2 aromatic carbocycles. The number of carbonyl (C=O) groups excluding carboxylic acids is 1. The average molecular weight is 317 g/mol. The van der Waals surface area contributed by atoms with Crippen molar-refractivity contribution in [3.63, 3.8) is 0 Å². The standard InChI is InChI=1S/C20H19N3O/c1-14-6-8-16(9-7-14)22-18-10-11-21-19(13-18)20(24)23-17-5-3-4-15(2)12-17/h3-13H,1-2H3,(H,21,22)(H,23,24). The number of anilines is 3. The SMILES string of the molecule is Cc1ccc(Nc2ccnc(C(=O)Nc3cccc(C)c3)c2)cc1. The highest BCUT2D eigenvalue weighted by Crippen LogP contribution is 2.18. The number of amides is 1. The van der Waals surface area contributed by atoms with Crippen LogP contribution >= 0.6 is 0 Å². The molecular formula is C20H19N3O. The Morgan fingerprint density at radius 2 is 1.62 bits per heavy atom. The number of carbonyl (C=O) groups is 1. The van der Waals surface area contributed by atoms with E-state index in [1.54, 1.807) is 12.3 Å². The number of hydrogen-bond acceptors (Lipinski definition) is 3. The molecule has 1 heterocycles. The van der Waals surface area contributed by atoms with Crippen molar-refractivity contribution in [1.82, 2.24) is 4.98 Å². The number of aryl methyl sites for hydroxylation is 2. The quantitative estimate of drug-likeness (QED) is 0.733. The zero-order valence-electron chi connectivity index (χ0n) is 13.7. The smallest absolute Gasteiger partial charge is 0.274 e. The Kier molecular flexibility index (Phi) is 4.57. The average Bonchev–Trinajstić information content (AvgIpc) is 2.57. The fraction of sp³-hybridized carbons (Fsp3) is 0.100. The Morgan fingerprint density at radius 1 is 0.833 bits per heavy atom. The highest BCUT2D eigenvalue weighted by Gasteiger charge is 2.08. The maximum Gasteiger partial charge on any atom is 0.274 e. The third-order valence-electron chi connectivity index (χ3n) is 3.61. The molecule has 0 bridgehead atoms. The van der Waals surface area contributed by atoms with Crippen LogP contribution in [0.15, 0.2) is 66.9 Å². The molecule has 4 heteroatoms. The van der Waals surface area contributed by atoms with Crippen LogP contribution in [0.1, 0.15) is 21.6 Å². The molecule has 0 saturated carbocycles. The van der Waals surface area contributed by atoms with Gasteiger partial charge in [0.15, 0.2) is 0 Å². The Morgan fingerprint density at radius 3 is 2.38 bits per heavy atom. The lowest BCUT2D eigenvalue weighted by Crippen LogP contribution is -2.13. The molecule has 3 rings (SSSR count). The van der Waals surface area contributed by atoms with E-state index in [1.807, 2.05) is 68.4 Å². The molecule has 0 aliphatic carbocycles. The van der Waals surface area contributed by atoms with Crippen LogP contribution in [0.25, 0.3) is 0 Å². The number of pyridine rings is 1. The van der Waals surface area contributed by atoms with E-state index in [2.05, 4.69) is 15.6 Å². The van der Waals surface area contributed by atoms with Gasteiger partial charge in [0.1, 0.15) is 5.69 Å². The van der Waals surface area contributed by atoms with E-state index >= 15 is 0 Å². The molecule has 24 heavy (non-hydrogen) atoms. The van der Waals surface area contributed by atoms with Crippen molar-refractivity contribution in [1.29, 1.82) is 0 Å². The predicted octanol–water partition coefficient (Wildman–Crippen LogP) is 4.69. The number of aromatic nitrogens is 1. The van der Waals surface area contributed by atoms with Crippen LogP contribution in [0.3, 0.4) is 0 Å². The summed E-state index contributed by atoms with van der Waals surface area (Å²) in [6.07, 6.45) is 1.63. The van der Waals surface area contributed by atoms with Crippen LogP contribution in [0.5, 0.6) is 0 Å². The number of hydrogen-bond donors (Lipinski definition) is 2. The van der Waals surface area contributed by atoms with Gasteiger partial charge in [0.25, 0.3) is 5.91 Å². The normalized spacial score (nSPS) is 10.2. The van der Waals surface area contributed by atoms with Gasteiger partial charge >= 0.3 is 0 Å². The lowest BCUT2D eigenvalue weighted by atomic mass is 10.2. The second kappa shape index (κ2) is 6.96. The van der Waals surface area contributed by atoms with Gasteiger partial charge in [-0.3, -0.25) is 9.78 Å². The largest absolute Gasteiger partial charge is 0.355 e. The lowest BCUT2D eigenvalue weighted by Gasteiger charge is -2.09. The van der Waals surface area contributed by atoms with Gasteiger partial charge in [-0.15, -0.1) is 0 Å². The Hall–Kier alpha value is -3.14. The molecule has 4 nitrogen and oxygen atoms in total. The summed E-state index contributed by atoms with van der Waals surface area (Å²) in [6.45, 7) is 4.03. The first-order valence-corrected chi connectivity index (χ1v) is 7.78. The van der Waals surface area contributed by atoms with E-state index in [0.717, 1.165) is 22.6 Å². The molecule has 0 saturated heterocycles. The third-order valence-corrected chi connectivity index (χ3v) is 3.61. The fourth-order valence-corrected chi connectivity index (χ4v) is 2.35. The summed E-state index contributed by atoms with van der Waals surface area (Å²) in [5, 5.41) is 6.15. The molecule has 0 atom stereocenters. The second-order valence-corrected chi connectivity index (χ2v) is 5.74. The highest BCUT2D eigenvalue weighted by molar-refractivity contribution is 6.03. The van der Waals surface area contributed by atoms with E-state index in [4.69, 9.17) is 0 Å². The lowest BCUT2D eigenvalue weighted by molar-refractivity contribution is 0.102. The summed E-state index contributed by atoms with van der Waals surface area (Å²) in [6, 6.07) is 19.3. The zero-order valence-corrected chi connectivity index (χ0v) is 13.7. The zero-order chi connectivity index (χ0) is 16.9. The predicted molar refractivity (Wildman–Crippen MR) is 97.8 cm³/mol. The summed E-state index contributed by atoms with van der Waals surface area (Å²) in [5.74, 6) is -0.229. The van der Waals surface area contributed by atoms with Crippen LogP contribution in [0.2, 0.25) is 0 Å². The summed E-state index contributed by atoms with van der Waals surface area (Å²) in [7, 11) is 0. The molecule has 0 fully saturated rings. The van der Waals surface area contributed by atoms with Crippen molar-refractivity contribution in [2.45, 2.75) is 13.8 Å². The van der Waals surface area contributed by atoms with Gasteiger partial charge in [-0.25, -0.2) is 0 Å². The number of nitrogens with zero attached hydrogens (tertiary/aromatic N) is 1. The molecule has 0 aliphatic heterocycles. The fourth-order valence-electron chi connectivity index (χ4n) is 2.35. The van der Waals surface area contributed by atoms with Gasteiger partial charge in [0, 0.05) is 23.3 Å². The Balaban J connectivity index is 1.74. The first kappa shape index (κ1) is 15.7. The topological polar surface area (TPSA) is 54.0 Å². The summed E-state index contributed by atoms with van der Waals surface area (Å²) >= 11 is 0. The maximum absolute atomic E-state index is 12.4. The monoisotopic (exact) mass is 317 g/mol. The van der Waals surface area contributed by atoms with E-state index < -0.39 is 0 Å². The molecular weight excluding hydrogens is 298 g/mol. The van der Waals surface area contributed by atoms with Gasteiger partial charge < -0.3 is 10.6 Å². The number of rotatable bonds is 4. The van der Waals surface area contributed by atoms with Crippen LogP contribution in [-0.2, 0) is 0 Å². The first-order valence-electron chi connectivity index (χ1n) is 7.78. The van der Waals surface area contributed by atoms with E-state index in [-0.39, 0.29) is 5.91 Å². The third kappa shape index (κ3) is 3.98. The molecule has 120 valence electrons. The van der Waals surface area contributed by atoms with Gasteiger partial charge in [-0.1, -0.05) is 29.8 Å². The number of benzene rings is 2. The highest BCUT2D eigenvalue weighted by atomic mass is 16.1. The van der Waals surface area contributed by atoms with E-state index in [9.17, 15) is 4.79 Å². The van der Waals surface area contributed by atoms with Crippen LogP contribution in [-0.4, -0.2) is 10.9 Å². The van der Waals surface area contributed by atoms with Gasteiger partial charge in [0.2, 0.25) is 0 Å². The minimum absolute atomic E-state index is 0.229. The summed E-state index contributed by atoms with van der Waals surface area (Å²) in [5.41, 5.74) is 5.22. The minimum atomic E-state index is -0.229. The molecule has 1 amide bonds. The molecule has 3 aromatic rings. The molecule has 2 N–H and O–H groups in total. The second-order valence-electron chi connectivity index (χ2n) is 5.74. The first-order chi connectivity index (χ1) is 11.6. The van der Waals surface area contributed by atoms with Crippen molar-refractivity contribution in [3.8, 4) is 0 Å². The van der Waals surface area contributed by atoms with Gasteiger partial charge in [-0.2, -0.15) is 0 Å². The van der Waals surface area contributed by atoms with Crippen LogP contribution in [0.4, 0.5) is 17.1 Å². The summed E-state index contributed by atoms with van der Waals surface area (Å²) < 4.78 is 0. The molecule has 0 spiro atoms. The maximum atomic E-state index is 12.4. The van der Waals surface area contributed by atoms with E-state index in [0.29, 0.717) is 5.69 Å². The van der Waals surface area contributed by atoms with Gasteiger partial charge in [-0.05, 0) is 55.8 Å².